The van der Waals surface area contributed by atoms with E-state index in [1.165, 1.54) is 0 Å². The van der Waals surface area contributed by atoms with Crippen LogP contribution in [0.3, 0.4) is 0 Å². The molecular weight excluding hydrogens is 252 g/mol. The lowest BCUT2D eigenvalue weighted by Gasteiger charge is -2.33. The van der Waals surface area contributed by atoms with Gasteiger partial charge in [0.15, 0.2) is 6.10 Å². The fraction of sp³-hybridized carbons (Fsp3) is 0.462. The summed E-state index contributed by atoms with van der Waals surface area (Å²) in [6.07, 6.45) is -5.38. The fourth-order valence-corrected chi connectivity index (χ4v) is 1.82. The zero-order chi connectivity index (χ0) is 13.8. The van der Waals surface area contributed by atoms with E-state index >= 15 is 0 Å². The van der Waals surface area contributed by atoms with Crippen molar-refractivity contribution in [3.63, 3.8) is 0 Å². The van der Waals surface area contributed by atoms with Crippen LogP contribution in [0.2, 0.25) is 0 Å². The highest BCUT2D eigenvalue weighted by Gasteiger charge is 2.42. The number of carbonyl (C=O) groups is 1. The summed E-state index contributed by atoms with van der Waals surface area (Å²) in [5.74, 6) is -0.762. The van der Waals surface area contributed by atoms with Crippen LogP contribution in [0.25, 0.3) is 0 Å². The Balaban J connectivity index is 1.90. The lowest BCUT2D eigenvalue weighted by molar-refractivity contribution is -0.206. The first-order valence-corrected chi connectivity index (χ1v) is 5.96. The first-order chi connectivity index (χ1) is 9.09. The summed E-state index contributed by atoms with van der Waals surface area (Å²) in [6.45, 7) is -0.158. The van der Waals surface area contributed by atoms with Gasteiger partial charge in [0.1, 0.15) is 24.9 Å². The maximum absolute atomic E-state index is 11.7. The molecule has 4 unspecified atom stereocenters. The van der Waals surface area contributed by atoms with Crippen LogP contribution in [-0.2, 0) is 20.9 Å². The predicted octanol–water partition coefficient (Wildman–Crippen LogP) is -0.789. The largest absolute Gasteiger partial charge is 0.459 e. The van der Waals surface area contributed by atoms with Gasteiger partial charge in [-0.25, -0.2) is 4.79 Å². The maximum Gasteiger partial charge on any atom is 0.338 e. The molecule has 0 saturated carbocycles. The van der Waals surface area contributed by atoms with E-state index in [1.54, 1.807) is 12.1 Å². The Hall–Kier alpha value is -1.47. The van der Waals surface area contributed by atoms with Crippen molar-refractivity contribution in [2.75, 3.05) is 6.61 Å². The van der Waals surface area contributed by atoms with Gasteiger partial charge in [0.05, 0.1) is 6.61 Å². The van der Waals surface area contributed by atoms with Crippen molar-refractivity contribution in [1.82, 2.24) is 0 Å². The summed E-state index contributed by atoms with van der Waals surface area (Å²) in [5.41, 5.74) is 0.807. The maximum atomic E-state index is 11.7. The number of carbonyl (C=O) groups excluding carboxylic acids is 1. The minimum atomic E-state index is -1.49. The summed E-state index contributed by atoms with van der Waals surface area (Å²) < 4.78 is 9.99. The molecule has 6 nitrogen and oxygen atoms in total. The Morgan fingerprint density at radius 3 is 2.58 bits per heavy atom. The molecule has 0 spiro atoms. The van der Waals surface area contributed by atoms with E-state index < -0.39 is 30.4 Å². The monoisotopic (exact) mass is 268 g/mol. The van der Waals surface area contributed by atoms with Gasteiger partial charge in [0.25, 0.3) is 0 Å². The van der Waals surface area contributed by atoms with Crippen molar-refractivity contribution < 1.29 is 29.6 Å². The average molecular weight is 268 g/mol. The van der Waals surface area contributed by atoms with Crippen LogP contribution in [0.5, 0.6) is 0 Å². The van der Waals surface area contributed by atoms with E-state index in [1.807, 2.05) is 18.2 Å². The Kier molecular flexibility index (Phi) is 4.49. The molecule has 19 heavy (non-hydrogen) atoms. The van der Waals surface area contributed by atoms with Gasteiger partial charge >= 0.3 is 5.97 Å². The molecule has 1 fully saturated rings. The summed E-state index contributed by atoms with van der Waals surface area (Å²) in [6, 6.07) is 9.07. The van der Waals surface area contributed by atoms with E-state index in [2.05, 4.69) is 0 Å². The minimum absolute atomic E-state index is 0.0604. The van der Waals surface area contributed by atoms with Crippen LogP contribution in [0.4, 0.5) is 0 Å². The number of rotatable bonds is 3. The summed E-state index contributed by atoms with van der Waals surface area (Å²) >= 11 is 0. The van der Waals surface area contributed by atoms with E-state index in [-0.39, 0.29) is 13.2 Å². The molecule has 1 aliphatic heterocycles. The molecule has 1 aromatic rings. The average Bonchev–Trinajstić information content (AvgIpc) is 2.43. The third-order valence-electron chi connectivity index (χ3n) is 2.96. The van der Waals surface area contributed by atoms with Gasteiger partial charge in [-0.1, -0.05) is 30.3 Å². The quantitative estimate of drug-likeness (QED) is 0.622. The van der Waals surface area contributed by atoms with Crippen molar-refractivity contribution in [2.24, 2.45) is 0 Å². The number of benzene rings is 1. The molecule has 0 aliphatic carbocycles. The number of hydrogen-bond acceptors (Lipinski definition) is 6. The number of aliphatic hydroxyl groups excluding tert-OH is 3. The Bertz CT molecular complexity index is 420. The highest BCUT2D eigenvalue weighted by Crippen LogP contribution is 2.17. The molecule has 4 atom stereocenters. The molecule has 0 bridgehead atoms. The van der Waals surface area contributed by atoms with Gasteiger partial charge in [-0.3, -0.25) is 0 Å². The standard InChI is InChI=1S/C13H16O6/c14-9-7-18-12(11(16)10(9)15)13(17)19-6-8-4-2-1-3-5-8/h1-5,9-12,14-16H,6-7H2. The smallest absolute Gasteiger partial charge is 0.338 e. The number of esters is 1. The molecule has 0 amide bonds. The number of ether oxygens (including phenoxy) is 2. The Morgan fingerprint density at radius 2 is 1.89 bits per heavy atom. The molecule has 1 aromatic carbocycles. The highest BCUT2D eigenvalue weighted by atomic mass is 16.6. The van der Waals surface area contributed by atoms with Crippen molar-refractivity contribution in [1.29, 1.82) is 0 Å². The summed E-state index contributed by atoms with van der Waals surface area (Å²) in [7, 11) is 0. The van der Waals surface area contributed by atoms with E-state index in [0.29, 0.717) is 0 Å². The van der Waals surface area contributed by atoms with Crippen molar-refractivity contribution >= 4 is 5.97 Å². The SMILES string of the molecule is O=C(OCc1ccccc1)C1OCC(O)C(O)C1O. The van der Waals surface area contributed by atoms with E-state index in [4.69, 9.17) is 9.47 Å². The van der Waals surface area contributed by atoms with Gasteiger partial charge in [-0.15, -0.1) is 0 Å². The van der Waals surface area contributed by atoms with Crippen LogP contribution >= 0.6 is 0 Å². The lowest BCUT2D eigenvalue weighted by atomic mass is 10.0. The van der Waals surface area contributed by atoms with Gasteiger partial charge in [-0.2, -0.15) is 0 Å². The summed E-state index contributed by atoms with van der Waals surface area (Å²) in [4.78, 5) is 11.7. The Morgan fingerprint density at radius 1 is 1.21 bits per heavy atom. The van der Waals surface area contributed by atoms with Crippen LogP contribution in [-0.4, -0.2) is 52.3 Å². The van der Waals surface area contributed by atoms with Crippen molar-refractivity contribution in [2.45, 2.75) is 31.0 Å². The van der Waals surface area contributed by atoms with Crippen LogP contribution < -0.4 is 0 Å². The zero-order valence-corrected chi connectivity index (χ0v) is 10.2. The molecule has 0 aromatic heterocycles. The third-order valence-corrected chi connectivity index (χ3v) is 2.96. The second-order valence-corrected chi connectivity index (χ2v) is 4.40. The normalized spacial score (nSPS) is 30.9. The van der Waals surface area contributed by atoms with Crippen LogP contribution in [0.1, 0.15) is 5.56 Å². The molecule has 104 valence electrons. The van der Waals surface area contributed by atoms with Gasteiger partial charge in [0, 0.05) is 0 Å². The van der Waals surface area contributed by atoms with Gasteiger partial charge in [-0.05, 0) is 5.56 Å². The first-order valence-electron chi connectivity index (χ1n) is 5.96. The van der Waals surface area contributed by atoms with E-state index in [9.17, 15) is 20.1 Å². The zero-order valence-electron chi connectivity index (χ0n) is 10.2. The lowest BCUT2D eigenvalue weighted by Crippen LogP contribution is -2.55. The highest BCUT2D eigenvalue weighted by molar-refractivity contribution is 5.75. The number of aliphatic hydroxyl groups is 3. The molecule has 1 heterocycles. The molecule has 6 heteroatoms. The van der Waals surface area contributed by atoms with Crippen LogP contribution in [0.15, 0.2) is 30.3 Å². The predicted molar refractivity (Wildman–Crippen MR) is 64.0 cm³/mol. The minimum Gasteiger partial charge on any atom is -0.459 e. The molecule has 3 N–H and O–H groups in total. The van der Waals surface area contributed by atoms with Crippen molar-refractivity contribution in [3.8, 4) is 0 Å². The molecule has 1 saturated heterocycles. The van der Waals surface area contributed by atoms with Crippen molar-refractivity contribution in [3.05, 3.63) is 35.9 Å². The third kappa shape index (κ3) is 3.30. The number of hydrogen-bond donors (Lipinski definition) is 3. The second kappa shape index (κ2) is 6.12. The first kappa shape index (κ1) is 14.0. The van der Waals surface area contributed by atoms with E-state index in [0.717, 1.165) is 5.56 Å². The fourth-order valence-electron chi connectivity index (χ4n) is 1.82. The van der Waals surface area contributed by atoms with Crippen LogP contribution in [0, 0.1) is 0 Å². The molecule has 1 aliphatic rings. The summed E-state index contributed by atoms with van der Waals surface area (Å²) in [5, 5.41) is 28.4. The molecule has 2 rings (SSSR count). The molecule has 0 radical (unpaired) electrons. The van der Waals surface area contributed by atoms with Gasteiger partial charge < -0.3 is 24.8 Å². The topological polar surface area (TPSA) is 96.2 Å². The second-order valence-electron chi connectivity index (χ2n) is 4.40. The molecular formula is C13H16O6. The Labute approximate surface area is 110 Å². The van der Waals surface area contributed by atoms with Gasteiger partial charge in [0.2, 0.25) is 0 Å².